The fourth-order valence-electron chi connectivity index (χ4n) is 7.68. The summed E-state index contributed by atoms with van der Waals surface area (Å²) in [6.07, 6.45) is 71.8. The van der Waals surface area contributed by atoms with Crippen LogP contribution in [-0.2, 0) is 32.7 Å². The number of allylic oxidation sites excluding steroid dienone is 16. The molecule has 0 fully saturated rings. The van der Waals surface area contributed by atoms with Gasteiger partial charge in [0.15, 0.2) is 6.10 Å². The summed E-state index contributed by atoms with van der Waals surface area (Å²) in [6.45, 7) is 4.31. The second-order valence-electron chi connectivity index (χ2n) is 20.3. The van der Waals surface area contributed by atoms with E-state index >= 15 is 0 Å². The van der Waals surface area contributed by atoms with Crippen molar-refractivity contribution in [3.05, 3.63) is 97.2 Å². The van der Waals surface area contributed by atoms with Crippen LogP contribution < -0.4 is 0 Å². The van der Waals surface area contributed by atoms with E-state index in [4.69, 9.17) is 18.5 Å². The van der Waals surface area contributed by atoms with Gasteiger partial charge in [0.2, 0.25) is 0 Å². The Balaban J connectivity index is 4.17. The van der Waals surface area contributed by atoms with Crippen LogP contribution >= 0.6 is 7.82 Å². The van der Waals surface area contributed by atoms with Crippen LogP contribution in [0.3, 0.4) is 0 Å². The van der Waals surface area contributed by atoms with Crippen LogP contribution in [0.25, 0.3) is 0 Å². The third kappa shape index (κ3) is 56.2. The summed E-state index contributed by atoms with van der Waals surface area (Å²) in [7, 11) is 1.47. The molecule has 10 heteroatoms. The molecule has 72 heavy (non-hydrogen) atoms. The molecule has 414 valence electrons. The predicted octanol–water partition coefficient (Wildman–Crippen LogP) is 18.0. The Morgan fingerprint density at radius 3 is 1.18 bits per heavy atom. The van der Waals surface area contributed by atoms with Gasteiger partial charge in [0.1, 0.15) is 19.8 Å². The van der Waals surface area contributed by atoms with E-state index in [0.717, 1.165) is 96.3 Å². The Morgan fingerprint density at radius 1 is 0.444 bits per heavy atom. The molecule has 0 aromatic carbocycles. The first kappa shape index (κ1) is 68.9. The van der Waals surface area contributed by atoms with Gasteiger partial charge >= 0.3 is 19.8 Å². The SMILES string of the molecule is CC/C=C\C/C=C\C/C=C\C/C=C\C/C=C\C/C=C\C/C=C\C/C=C\CCCCCCCCCCC(=O)OC(COC(=O)CCCCCCCCCCCCCCCCC)COP(=O)(O)OCC[N+](C)(C)C. The van der Waals surface area contributed by atoms with E-state index < -0.39 is 26.5 Å². The number of carbonyl (C=O) groups is 2. The molecule has 1 N–H and O–H groups in total. The Hall–Kier alpha value is -3.07. The third-order valence-corrected chi connectivity index (χ3v) is 13.1. The van der Waals surface area contributed by atoms with Crippen molar-refractivity contribution in [2.24, 2.45) is 0 Å². The minimum absolute atomic E-state index is 0.0268. The minimum atomic E-state index is -4.39. The predicted molar refractivity (Wildman–Crippen MR) is 307 cm³/mol. The molecule has 0 spiro atoms. The van der Waals surface area contributed by atoms with E-state index in [-0.39, 0.29) is 32.0 Å². The maximum atomic E-state index is 12.8. The number of phosphoric ester groups is 1. The van der Waals surface area contributed by atoms with Crippen LogP contribution in [0.5, 0.6) is 0 Å². The zero-order valence-corrected chi connectivity index (χ0v) is 47.8. The lowest BCUT2D eigenvalue weighted by Gasteiger charge is -2.24. The molecule has 0 saturated heterocycles. The fraction of sp³-hybridized carbons (Fsp3) is 0.710. The van der Waals surface area contributed by atoms with Crippen molar-refractivity contribution in [2.75, 3.05) is 47.5 Å². The Morgan fingerprint density at radius 2 is 0.792 bits per heavy atom. The van der Waals surface area contributed by atoms with Gasteiger partial charge in [-0.1, -0.05) is 239 Å². The number of likely N-dealkylation sites (N-methyl/N-ethyl adjacent to an activating group) is 1. The summed E-state index contributed by atoms with van der Waals surface area (Å²) in [5.74, 6) is -0.806. The van der Waals surface area contributed by atoms with Crippen molar-refractivity contribution in [3.63, 3.8) is 0 Å². The van der Waals surface area contributed by atoms with E-state index in [1.807, 2.05) is 21.1 Å². The minimum Gasteiger partial charge on any atom is -0.462 e. The summed E-state index contributed by atoms with van der Waals surface area (Å²) in [5, 5.41) is 0. The fourth-order valence-corrected chi connectivity index (χ4v) is 8.42. The van der Waals surface area contributed by atoms with Gasteiger partial charge in [-0.3, -0.25) is 18.6 Å². The number of hydrogen-bond donors (Lipinski definition) is 1. The normalized spacial score (nSPS) is 14.0. The molecule has 2 atom stereocenters. The first-order chi connectivity index (χ1) is 35.0. The van der Waals surface area contributed by atoms with Crippen LogP contribution in [0, 0.1) is 0 Å². The highest BCUT2D eigenvalue weighted by molar-refractivity contribution is 7.47. The molecule has 0 rings (SSSR count). The molecule has 0 heterocycles. The average Bonchev–Trinajstić information content (AvgIpc) is 3.34. The van der Waals surface area contributed by atoms with Crippen LogP contribution in [0.4, 0.5) is 0 Å². The van der Waals surface area contributed by atoms with Crippen molar-refractivity contribution < 1.29 is 42.1 Å². The van der Waals surface area contributed by atoms with Crippen LogP contribution in [0.2, 0.25) is 0 Å². The molecule has 0 radical (unpaired) electrons. The Bertz CT molecular complexity index is 1540. The highest BCUT2D eigenvalue weighted by Gasteiger charge is 2.27. The second kappa shape index (κ2) is 52.8. The first-order valence-electron chi connectivity index (χ1n) is 29.0. The maximum absolute atomic E-state index is 12.8. The number of nitrogens with zero attached hydrogens (tertiary/aromatic N) is 1. The number of esters is 2. The molecule has 0 saturated carbocycles. The smallest absolute Gasteiger partial charge is 0.462 e. The van der Waals surface area contributed by atoms with Crippen LogP contribution in [0.15, 0.2) is 97.2 Å². The van der Waals surface area contributed by atoms with Crippen LogP contribution in [0.1, 0.15) is 232 Å². The lowest BCUT2D eigenvalue weighted by Crippen LogP contribution is -2.37. The number of hydrogen-bond acceptors (Lipinski definition) is 7. The number of phosphoric acid groups is 1. The lowest BCUT2D eigenvalue weighted by molar-refractivity contribution is -0.870. The zero-order chi connectivity index (χ0) is 52.7. The van der Waals surface area contributed by atoms with Gasteiger partial charge in [-0.05, 0) is 77.0 Å². The summed E-state index contributed by atoms with van der Waals surface area (Å²) >= 11 is 0. The topological polar surface area (TPSA) is 108 Å². The lowest BCUT2D eigenvalue weighted by atomic mass is 10.0. The van der Waals surface area contributed by atoms with Gasteiger partial charge in [-0.25, -0.2) is 4.57 Å². The number of rotatable bonds is 52. The largest absolute Gasteiger partial charge is 0.472 e. The van der Waals surface area contributed by atoms with E-state index in [0.29, 0.717) is 17.4 Å². The van der Waals surface area contributed by atoms with Crippen LogP contribution in [-0.4, -0.2) is 74.9 Å². The van der Waals surface area contributed by atoms with Gasteiger partial charge in [0.25, 0.3) is 0 Å². The number of quaternary nitrogens is 1. The third-order valence-electron chi connectivity index (χ3n) is 12.1. The van der Waals surface area contributed by atoms with Gasteiger partial charge in [-0.2, -0.15) is 0 Å². The summed E-state index contributed by atoms with van der Waals surface area (Å²) in [4.78, 5) is 35.6. The molecular formula is C62H109NO8P+. The van der Waals surface area contributed by atoms with Gasteiger partial charge in [-0.15, -0.1) is 0 Å². The van der Waals surface area contributed by atoms with Crippen molar-refractivity contribution in [1.82, 2.24) is 0 Å². The summed E-state index contributed by atoms with van der Waals surface area (Å²) in [5.41, 5.74) is 0. The molecule has 0 aromatic heterocycles. The Labute approximate surface area is 443 Å². The zero-order valence-electron chi connectivity index (χ0n) is 46.9. The van der Waals surface area contributed by atoms with Crippen molar-refractivity contribution in [2.45, 2.75) is 238 Å². The number of ether oxygens (including phenoxy) is 2. The highest BCUT2D eigenvalue weighted by atomic mass is 31.2. The molecule has 2 unspecified atom stereocenters. The van der Waals surface area contributed by atoms with Crippen molar-refractivity contribution in [1.29, 1.82) is 0 Å². The average molecular weight is 1030 g/mol. The van der Waals surface area contributed by atoms with E-state index in [2.05, 4.69) is 111 Å². The number of carbonyl (C=O) groups excluding carboxylic acids is 2. The quantitative estimate of drug-likeness (QED) is 0.0211. The van der Waals surface area contributed by atoms with E-state index in [1.54, 1.807) is 0 Å². The highest BCUT2D eigenvalue weighted by Crippen LogP contribution is 2.43. The van der Waals surface area contributed by atoms with Gasteiger partial charge in [0.05, 0.1) is 27.7 Å². The molecular weight excluding hydrogens is 918 g/mol. The monoisotopic (exact) mass is 1030 g/mol. The van der Waals surface area contributed by atoms with Gasteiger partial charge in [0, 0.05) is 12.8 Å². The van der Waals surface area contributed by atoms with Crippen molar-refractivity contribution >= 4 is 19.8 Å². The summed E-state index contributed by atoms with van der Waals surface area (Å²) in [6, 6.07) is 0. The molecule has 0 aliphatic carbocycles. The molecule has 0 aliphatic rings. The number of unbranched alkanes of at least 4 members (excludes halogenated alkanes) is 22. The molecule has 9 nitrogen and oxygen atoms in total. The van der Waals surface area contributed by atoms with E-state index in [9.17, 15) is 19.0 Å². The molecule has 0 bridgehead atoms. The van der Waals surface area contributed by atoms with E-state index in [1.165, 1.54) is 103 Å². The Kier molecular flexibility index (Phi) is 50.5. The summed E-state index contributed by atoms with van der Waals surface area (Å²) < 4.78 is 34.5. The standard InChI is InChI=1S/C62H108NO8P/c1-6-8-10-12-14-16-18-20-22-23-24-25-26-27-28-29-30-31-32-33-34-35-36-37-38-39-41-43-45-47-49-51-53-55-62(65)71-60(59-70-72(66,67)69-57-56-63(3,4)5)58-68-61(64)54-52-50-48-46-44-42-40-21-19-17-15-13-11-9-7-2/h8,10,14,16,20,22,24-25,27-28,30-31,33-34,36-37,60H,6-7,9,11-13,15,17-19,21,23,26,29,32,35,38-59H2,1-5H3/p+1/b10-8-,16-14-,22-20-,25-24-,28-27-,31-30-,34-33-,37-36-. The second-order valence-corrected chi connectivity index (χ2v) is 21.8. The molecule has 0 amide bonds. The van der Waals surface area contributed by atoms with Crippen molar-refractivity contribution in [3.8, 4) is 0 Å². The van der Waals surface area contributed by atoms with Gasteiger partial charge < -0.3 is 18.9 Å². The first-order valence-corrected chi connectivity index (χ1v) is 30.5. The molecule has 0 aliphatic heterocycles. The molecule has 0 aromatic rings. The maximum Gasteiger partial charge on any atom is 0.472 e.